The van der Waals surface area contributed by atoms with Crippen molar-refractivity contribution in [1.82, 2.24) is 5.32 Å². The van der Waals surface area contributed by atoms with Crippen LogP contribution in [0.1, 0.15) is 0 Å². The molecule has 0 fully saturated rings. The number of nitrogens with one attached hydrogen (secondary N) is 1. The third-order valence-corrected chi connectivity index (χ3v) is 2.31. The van der Waals surface area contributed by atoms with E-state index in [1.54, 1.807) is 38.4 Å². The van der Waals surface area contributed by atoms with Gasteiger partial charge >= 0.3 is 5.97 Å². The maximum absolute atomic E-state index is 11.3. The predicted molar refractivity (Wildman–Crippen MR) is 63.4 cm³/mol. The third-order valence-electron chi connectivity index (χ3n) is 2.31. The van der Waals surface area contributed by atoms with E-state index in [9.17, 15) is 4.79 Å². The van der Waals surface area contributed by atoms with Gasteiger partial charge in [0.1, 0.15) is 24.1 Å². The Morgan fingerprint density at radius 3 is 2.29 bits per heavy atom. The van der Waals surface area contributed by atoms with E-state index in [0.29, 0.717) is 5.75 Å². The van der Waals surface area contributed by atoms with Gasteiger partial charge in [-0.1, -0.05) is 0 Å². The zero-order chi connectivity index (χ0) is 12.7. The molecule has 0 saturated heterocycles. The molecule has 5 nitrogen and oxygen atoms in total. The zero-order valence-corrected chi connectivity index (χ0v) is 10.2. The Morgan fingerprint density at radius 2 is 1.82 bits per heavy atom. The number of rotatable bonds is 6. The molecule has 1 N–H and O–H groups in total. The lowest BCUT2D eigenvalue weighted by molar-refractivity contribution is -0.143. The molecule has 1 rings (SSSR count). The van der Waals surface area contributed by atoms with E-state index in [1.807, 2.05) is 0 Å². The van der Waals surface area contributed by atoms with Crippen molar-refractivity contribution in [2.45, 2.75) is 6.04 Å². The van der Waals surface area contributed by atoms with Crippen molar-refractivity contribution < 1.29 is 19.0 Å². The number of hydrogen-bond acceptors (Lipinski definition) is 5. The quantitative estimate of drug-likeness (QED) is 0.745. The normalized spacial score (nSPS) is 11.7. The fourth-order valence-corrected chi connectivity index (χ4v) is 1.26. The Bertz CT molecular complexity index is 350. The van der Waals surface area contributed by atoms with E-state index >= 15 is 0 Å². The second-order valence-electron chi connectivity index (χ2n) is 3.35. The second-order valence-corrected chi connectivity index (χ2v) is 3.35. The number of ether oxygens (including phenoxy) is 3. The maximum Gasteiger partial charge on any atom is 0.326 e. The summed E-state index contributed by atoms with van der Waals surface area (Å²) in [6, 6.07) is 6.68. The number of esters is 1. The Balaban J connectivity index is 2.50. The lowest BCUT2D eigenvalue weighted by Gasteiger charge is -2.14. The fraction of sp³-hybridized carbons (Fsp3) is 0.417. The van der Waals surface area contributed by atoms with Crippen molar-refractivity contribution in [3.8, 4) is 11.5 Å². The lowest BCUT2D eigenvalue weighted by Crippen LogP contribution is -2.40. The van der Waals surface area contributed by atoms with Gasteiger partial charge in [-0.3, -0.25) is 4.79 Å². The molecular formula is C12H17NO4. The Labute approximate surface area is 101 Å². The van der Waals surface area contributed by atoms with Crippen LogP contribution in [0.25, 0.3) is 0 Å². The fourth-order valence-electron chi connectivity index (χ4n) is 1.26. The van der Waals surface area contributed by atoms with Gasteiger partial charge in [-0.25, -0.2) is 0 Å². The van der Waals surface area contributed by atoms with E-state index in [0.717, 1.165) is 5.75 Å². The maximum atomic E-state index is 11.3. The molecule has 5 heteroatoms. The topological polar surface area (TPSA) is 56.8 Å². The largest absolute Gasteiger partial charge is 0.497 e. The van der Waals surface area contributed by atoms with Gasteiger partial charge in [0.2, 0.25) is 0 Å². The molecule has 0 saturated carbocycles. The average Bonchev–Trinajstić information content (AvgIpc) is 2.39. The molecule has 1 aromatic rings. The van der Waals surface area contributed by atoms with Crippen molar-refractivity contribution in [2.24, 2.45) is 0 Å². The molecule has 0 aliphatic heterocycles. The highest BCUT2D eigenvalue weighted by molar-refractivity contribution is 5.75. The molecule has 0 bridgehead atoms. The lowest BCUT2D eigenvalue weighted by atomic mass is 10.3. The van der Waals surface area contributed by atoms with Crippen molar-refractivity contribution in [3.63, 3.8) is 0 Å². The van der Waals surface area contributed by atoms with Crippen LogP contribution in [0.4, 0.5) is 0 Å². The van der Waals surface area contributed by atoms with E-state index in [-0.39, 0.29) is 12.6 Å². The van der Waals surface area contributed by atoms with Gasteiger partial charge in [-0.05, 0) is 31.3 Å². The molecule has 0 amide bonds. The zero-order valence-electron chi connectivity index (χ0n) is 10.2. The SMILES string of the molecule is CNC(COc1ccc(OC)cc1)C(=O)OC. The van der Waals surface area contributed by atoms with Crippen LogP contribution < -0.4 is 14.8 Å². The van der Waals surface area contributed by atoms with Crippen molar-refractivity contribution in [1.29, 1.82) is 0 Å². The number of likely N-dealkylation sites (N-methyl/N-ethyl adjacent to an activating group) is 1. The smallest absolute Gasteiger partial charge is 0.326 e. The Hall–Kier alpha value is -1.75. The summed E-state index contributed by atoms with van der Waals surface area (Å²) in [6.07, 6.45) is 0. The monoisotopic (exact) mass is 239 g/mol. The molecule has 17 heavy (non-hydrogen) atoms. The number of hydrogen-bond donors (Lipinski definition) is 1. The highest BCUT2D eigenvalue weighted by Gasteiger charge is 2.17. The summed E-state index contributed by atoms with van der Waals surface area (Å²) in [7, 11) is 4.63. The first-order valence-electron chi connectivity index (χ1n) is 5.23. The molecule has 0 aromatic heterocycles. The van der Waals surface area contributed by atoms with E-state index in [2.05, 4.69) is 10.1 Å². The van der Waals surface area contributed by atoms with Crippen molar-refractivity contribution >= 4 is 5.97 Å². The highest BCUT2D eigenvalue weighted by atomic mass is 16.5. The summed E-state index contributed by atoms with van der Waals surface area (Å²) >= 11 is 0. The third kappa shape index (κ3) is 3.96. The first-order chi connectivity index (χ1) is 8.21. The molecule has 0 heterocycles. The predicted octanol–water partition coefficient (Wildman–Crippen LogP) is 0.835. The number of benzene rings is 1. The molecule has 1 aromatic carbocycles. The van der Waals surface area contributed by atoms with Gasteiger partial charge in [-0.15, -0.1) is 0 Å². The van der Waals surface area contributed by atoms with Crippen molar-refractivity contribution in [2.75, 3.05) is 27.9 Å². The van der Waals surface area contributed by atoms with E-state index < -0.39 is 6.04 Å². The summed E-state index contributed by atoms with van der Waals surface area (Å²) < 4.78 is 15.1. The van der Waals surface area contributed by atoms with Crippen LogP contribution in [0.2, 0.25) is 0 Å². The number of carbonyl (C=O) groups excluding carboxylic acids is 1. The van der Waals surface area contributed by atoms with Crippen LogP contribution in [-0.4, -0.2) is 39.9 Å². The minimum absolute atomic E-state index is 0.218. The molecule has 1 atom stereocenters. The molecule has 0 radical (unpaired) electrons. The summed E-state index contributed by atoms with van der Waals surface area (Å²) in [5.74, 6) is 1.09. The summed E-state index contributed by atoms with van der Waals surface area (Å²) in [6.45, 7) is 0.218. The van der Waals surface area contributed by atoms with Gasteiger partial charge in [-0.2, -0.15) is 0 Å². The highest BCUT2D eigenvalue weighted by Crippen LogP contribution is 2.17. The Morgan fingerprint density at radius 1 is 1.24 bits per heavy atom. The second kappa shape index (κ2) is 6.75. The summed E-state index contributed by atoms with van der Waals surface area (Å²) in [4.78, 5) is 11.3. The van der Waals surface area contributed by atoms with Crippen molar-refractivity contribution in [3.05, 3.63) is 24.3 Å². The Kier molecular flexibility index (Phi) is 5.29. The van der Waals surface area contributed by atoms with Crippen LogP contribution in [0.5, 0.6) is 11.5 Å². The number of methoxy groups -OCH3 is 2. The van der Waals surface area contributed by atoms with Crippen LogP contribution in [-0.2, 0) is 9.53 Å². The molecule has 0 spiro atoms. The summed E-state index contributed by atoms with van der Waals surface area (Å²) in [5, 5.41) is 2.82. The molecule has 1 unspecified atom stereocenters. The first-order valence-corrected chi connectivity index (χ1v) is 5.23. The van der Waals surface area contributed by atoms with Gasteiger partial charge in [0.25, 0.3) is 0 Å². The minimum Gasteiger partial charge on any atom is -0.497 e. The summed E-state index contributed by atoms with van der Waals surface area (Å²) in [5.41, 5.74) is 0. The van der Waals surface area contributed by atoms with Gasteiger partial charge in [0, 0.05) is 0 Å². The van der Waals surface area contributed by atoms with Crippen LogP contribution in [0.3, 0.4) is 0 Å². The van der Waals surface area contributed by atoms with Crippen LogP contribution in [0, 0.1) is 0 Å². The minimum atomic E-state index is -0.470. The first kappa shape index (κ1) is 13.3. The van der Waals surface area contributed by atoms with E-state index in [4.69, 9.17) is 9.47 Å². The van der Waals surface area contributed by atoms with Crippen LogP contribution >= 0.6 is 0 Å². The molecule has 94 valence electrons. The van der Waals surface area contributed by atoms with Gasteiger partial charge < -0.3 is 19.5 Å². The molecular weight excluding hydrogens is 222 g/mol. The molecule has 0 aliphatic rings. The standard InChI is InChI=1S/C12H17NO4/c1-13-11(12(14)16-3)8-17-10-6-4-9(15-2)5-7-10/h4-7,11,13H,8H2,1-3H3. The number of carbonyl (C=O) groups is 1. The average molecular weight is 239 g/mol. The van der Waals surface area contributed by atoms with Gasteiger partial charge in [0.15, 0.2) is 0 Å². The van der Waals surface area contributed by atoms with E-state index in [1.165, 1.54) is 7.11 Å². The molecule has 0 aliphatic carbocycles. The van der Waals surface area contributed by atoms with Crippen LogP contribution in [0.15, 0.2) is 24.3 Å². The van der Waals surface area contributed by atoms with Gasteiger partial charge in [0.05, 0.1) is 14.2 Å².